The van der Waals surface area contributed by atoms with Gasteiger partial charge in [-0.1, -0.05) is 26.0 Å². The number of alkyl halides is 1. The second-order valence-corrected chi connectivity index (χ2v) is 18.8. The summed E-state index contributed by atoms with van der Waals surface area (Å²) >= 11 is 0. The number of hydrogen-bond donors (Lipinski definition) is 3. The number of rotatable bonds is 8. The van der Waals surface area contributed by atoms with Crippen LogP contribution >= 0.6 is 0 Å². The summed E-state index contributed by atoms with van der Waals surface area (Å²) in [6.45, 7) is 7.63. The number of nitrogens with zero attached hydrogens (tertiary/aromatic N) is 2. The Labute approximate surface area is 325 Å². The molecular formula is C39H51F2N5O9S. The number of benzene rings is 1. The molecule has 4 aliphatic rings. The normalized spacial score (nSPS) is 29.8. The smallest absolute Gasteiger partial charge is 0.408 e. The summed E-state index contributed by atoms with van der Waals surface area (Å²) in [6, 6.07) is 1.69. The van der Waals surface area contributed by atoms with E-state index in [2.05, 4.69) is 20.3 Å². The van der Waals surface area contributed by atoms with Gasteiger partial charge in [-0.3, -0.25) is 19.1 Å². The number of alkyl carbamates (subject to hydrolysis) is 1. The highest BCUT2D eigenvalue weighted by atomic mass is 32.2. The second kappa shape index (κ2) is 15.4. The van der Waals surface area contributed by atoms with E-state index in [9.17, 15) is 36.4 Å². The van der Waals surface area contributed by atoms with Crippen LogP contribution in [0.3, 0.4) is 0 Å². The third kappa shape index (κ3) is 8.42. The lowest BCUT2D eigenvalue weighted by molar-refractivity contribution is -0.142. The molecular weight excluding hydrogens is 753 g/mol. The molecule has 0 radical (unpaired) electrons. The van der Waals surface area contributed by atoms with E-state index >= 15 is 0 Å². The lowest BCUT2D eigenvalue weighted by atomic mass is 9.88. The lowest BCUT2D eigenvalue weighted by Crippen LogP contribution is -2.59. The Morgan fingerprint density at radius 3 is 2.52 bits per heavy atom. The molecule has 2 aliphatic heterocycles. The quantitative estimate of drug-likeness (QED) is 0.323. The Morgan fingerprint density at radius 1 is 1.12 bits per heavy atom. The van der Waals surface area contributed by atoms with Gasteiger partial charge in [0.25, 0.3) is 5.91 Å². The molecule has 7 atom stereocenters. The van der Waals surface area contributed by atoms with E-state index in [1.807, 2.05) is 19.9 Å². The van der Waals surface area contributed by atoms with Crippen molar-refractivity contribution in [2.75, 3.05) is 20.3 Å². The molecule has 3 heterocycles. The number of hydrogen-bond acceptors (Lipinski definition) is 10. The molecule has 4 amide bonds. The zero-order valence-electron chi connectivity index (χ0n) is 32.5. The minimum Gasteiger partial charge on any atom is -0.496 e. The fraction of sp³-hybridized carbons (Fsp3) is 0.615. The monoisotopic (exact) mass is 803 g/mol. The van der Waals surface area contributed by atoms with Crippen molar-refractivity contribution in [2.45, 2.75) is 114 Å². The van der Waals surface area contributed by atoms with E-state index in [1.54, 1.807) is 32.9 Å². The van der Waals surface area contributed by atoms with Crippen molar-refractivity contribution in [1.82, 2.24) is 25.2 Å². The maximum atomic E-state index is 14.7. The van der Waals surface area contributed by atoms with Crippen molar-refractivity contribution in [3.05, 3.63) is 42.4 Å². The van der Waals surface area contributed by atoms with Crippen LogP contribution in [-0.4, -0.2) is 96.5 Å². The zero-order valence-corrected chi connectivity index (χ0v) is 33.3. The first-order chi connectivity index (χ1) is 26.3. The topological polar surface area (TPSA) is 182 Å². The summed E-state index contributed by atoms with van der Waals surface area (Å²) < 4.78 is 72.4. The zero-order chi connectivity index (χ0) is 40.8. The maximum absolute atomic E-state index is 14.7. The van der Waals surface area contributed by atoms with Gasteiger partial charge < -0.3 is 29.7 Å². The van der Waals surface area contributed by atoms with Crippen LogP contribution < -0.4 is 24.8 Å². The number of fused-ring (bicyclic) bond motifs is 3. The number of carbonyl (C=O) groups is 4. The van der Waals surface area contributed by atoms with E-state index in [1.165, 1.54) is 30.3 Å². The van der Waals surface area contributed by atoms with E-state index < -0.39 is 92.2 Å². The fourth-order valence-electron chi connectivity index (χ4n) is 7.80. The van der Waals surface area contributed by atoms with Crippen molar-refractivity contribution in [1.29, 1.82) is 0 Å². The van der Waals surface area contributed by atoms with Gasteiger partial charge in [0.2, 0.25) is 27.7 Å². The van der Waals surface area contributed by atoms with Gasteiger partial charge in [0, 0.05) is 30.0 Å². The number of carbonyl (C=O) groups excluding carboxylic acids is 4. The van der Waals surface area contributed by atoms with Gasteiger partial charge in [0.15, 0.2) is 0 Å². The average Bonchev–Trinajstić information content (AvgIpc) is 4.02. The molecule has 14 nitrogen and oxygen atoms in total. The Hall–Kier alpha value is -4.54. The Kier molecular flexibility index (Phi) is 11.3. The number of pyridine rings is 1. The first kappa shape index (κ1) is 41.1. The number of halogens is 2. The summed E-state index contributed by atoms with van der Waals surface area (Å²) in [5.41, 5.74) is -2.57. The molecule has 1 aromatic heterocycles. The predicted octanol–water partition coefficient (Wildman–Crippen LogP) is 4.46. The van der Waals surface area contributed by atoms with Crippen LogP contribution in [-0.2, 0) is 29.1 Å². The van der Waals surface area contributed by atoms with Crippen LogP contribution in [0.5, 0.6) is 11.6 Å². The number of sulfonamides is 1. The van der Waals surface area contributed by atoms with Crippen LogP contribution in [0.15, 0.2) is 36.5 Å². The van der Waals surface area contributed by atoms with Crippen molar-refractivity contribution in [3.8, 4) is 11.6 Å². The molecule has 1 aromatic carbocycles. The highest BCUT2D eigenvalue weighted by Gasteiger charge is 2.64. The molecule has 0 spiro atoms. The van der Waals surface area contributed by atoms with Gasteiger partial charge in [-0.05, 0) is 83.3 Å². The minimum atomic E-state index is -4.41. The van der Waals surface area contributed by atoms with Crippen LogP contribution in [0.25, 0.3) is 10.8 Å². The number of ether oxygens (including phenoxy) is 3. The Balaban J connectivity index is 1.36. The molecule has 306 valence electrons. The van der Waals surface area contributed by atoms with Crippen LogP contribution in [0, 0.1) is 23.6 Å². The SMILES string of the molecule is COc1cc(F)cc2c(O[C@@H]3C[C@H]4C(=O)N[C@]5(C(=O)NS(=O)(=O)C6(CF)CC6)C[C@H]5/C=C\CC[C@@H](C)C[C@@H](C)[C@H](NC(=O)OC(C)(C)C)C(=O)N4C3)nccc12. The maximum Gasteiger partial charge on any atom is 0.408 e. The van der Waals surface area contributed by atoms with E-state index in [-0.39, 0.29) is 49.8 Å². The molecule has 2 aromatic rings. The lowest BCUT2D eigenvalue weighted by Gasteiger charge is -2.33. The molecule has 3 fully saturated rings. The van der Waals surface area contributed by atoms with Gasteiger partial charge in [0.1, 0.15) is 52.3 Å². The Bertz CT molecular complexity index is 2020. The summed E-state index contributed by atoms with van der Waals surface area (Å²) in [5.74, 6) is -3.58. The minimum absolute atomic E-state index is 0.0295. The molecule has 6 rings (SSSR count). The van der Waals surface area contributed by atoms with E-state index in [0.29, 0.717) is 30.0 Å². The summed E-state index contributed by atoms with van der Waals surface area (Å²) in [5, 5.41) is 6.34. The van der Waals surface area contributed by atoms with E-state index in [4.69, 9.17) is 14.2 Å². The van der Waals surface area contributed by atoms with Crippen molar-refractivity contribution < 1.29 is 50.6 Å². The largest absolute Gasteiger partial charge is 0.496 e. The van der Waals surface area contributed by atoms with Gasteiger partial charge in [0.05, 0.1) is 19.0 Å². The first-order valence-electron chi connectivity index (χ1n) is 19.0. The number of aromatic nitrogens is 1. The van der Waals surface area contributed by atoms with Crippen LogP contribution in [0.4, 0.5) is 13.6 Å². The second-order valence-electron chi connectivity index (χ2n) is 16.8. The molecule has 56 heavy (non-hydrogen) atoms. The number of nitrogens with one attached hydrogen (secondary N) is 3. The average molecular weight is 804 g/mol. The van der Waals surface area contributed by atoms with Crippen molar-refractivity contribution in [2.24, 2.45) is 17.8 Å². The molecule has 2 aliphatic carbocycles. The third-order valence-corrected chi connectivity index (χ3v) is 13.3. The first-order valence-corrected chi connectivity index (χ1v) is 20.5. The number of allylic oxidation sites excluding steroid dienone is 1. The number of amides is 4. The van der Waals surface area contributed by atoms with Gasteiger partial charge in [-0.2, -0.15) is 0 Å². The molecule has 17 heteroatoms. The van der Waals surface area contributed by atoms with Crippen LogP contribution in [0.2, 0.25) is 0 Å². The highest BCUT2D eigenvalue weighted by Crippen LogP contribution is 2.48. The summed E-state index contributed by atoms with van der Waals surface area (Å²) in [7, 11) is -3.01. The fourth-order valence-corrected chi connectivity index (χ4v) is 9.22. The van der Waals surface area contributed by atoms with Gasteiger partial charge in [-0.25, -0.2) is 27.0 Å². The standard InChI is InChI=1S/C39H51F2N5O9S/c1-22-9-7-8-10-24-19-39(24,35(49)45-56(51,52)38(21-40)12-13-38)44-32(47)29-18-26(54-33-28-16-25(41)17-30(53-6)27(28)11-14-42-33)20-46(29)34(48)31(23(2)15-22)43-36(50)55-37(3,4)5/h8,10-11,14,16-17,22-24,26,29,31H,7,9,12-13,15,18-21H2,1-6H3,(H,43,50)(H,44,47)(H,45,49)/b10-8-/t22-,23-,24-,26-,29+,31+,39-/m1/s1. The van der Waals surface area contributed by atoms with Gasteiger partial charge >= 0.3 is 6.09 Å². The molecule has 1 saturated heterocycles. The van der Waals surface area contributed by atoms with Gasteiger partial charge in [-0.15, -0.1) is 0 Å². The Morgan fingerprint density at radius 2 is 1.86 bits per heavy atom. The summed E-state index contributed by atoms with van der Waals surface area (Å²) in [6.07, 6.45) is 5.35. The molecule has 3 N–H and O–H groups in total. The molecule has 0 bridgehead atoms. The predicted molar refractivity (Wildman–Crippen MR) is 201 cm³/mol. The molecule has 0 unspecified atom stereocenters. The highest BCUT2D eigenvalue weighted by molar-refractivity contribution is 7.91. The summed E-state index contributed by atoms with van der Waals surface area (Å²) in [4.78, 5) is 61.9. The van der Waals surface area contributed by atoms with Crippen LogP contribution in [0.1, 0.15) is 79.6 Å². The van der Waals surface area contributed by atoms with Crippen molar-refractivity contribution >= 4 is 44.6 Å². The van der Waals surface area contributed by atoms with E-state index in [0.717, 1.165) is 0 Å². The molecule has 2 saturated carbocycles. The van der Waals surface area contributed by atoms with Crippen molar-refractivity contribution in [3.63, 3.8) is 0 Å². The number of methoxy groups -OCH3 is 1. The third-order valence-electron chi connectivity index (χ3n) is 11.2.